The first-order valence-corrected chi connectivity index (χ1v) is 9.97. The number of quaternary nitrogens is 1. The molecule has 0 saturated carbocycles. The van der Waals surface area contributed by atoms with Crippen LogP contribution in [0.5, 0.6) is 0 Å². The second-order valence-corrected chi connectivity index (χ2v) is 7.26. The summed E-state index contributed by atoms with van der Waals surface area (Å²) < 4.78 is 0. The first-order chi connectivity index (χ1) is 14.2. The van der Waals surface area contributed by atoms with Crippen molar-refractivity contribution in [1.29, 1.82) is 0 Å². The molecule has 0 saturated heterocycles. The minimum Gasteiger partial charge on any atom is -0.332 e. The van der Waals surface area contributed by atoms with E-state index >= 15 is 0 Å². The number of anilines is 1. The monoisotopic (exact) mass is 381 g/mol. The largest absolute Gasteiger partial charge is 0.332 e. The zero-order chi connectivity index (χ0) is 20.1. The Hall–Kier alpha value is -3.43. The lowest BCUT2D eigenvalue weighted by Crippen LogP contribution is -2.86. The minimum atomic E-state index is 0.000433. The van der Waals surface area contributed by atoms with Crippen LogP contribution in [0.1, 0.15) is 18.5 Å². The van der Waals surface area contributed by atoms with Gasteiger partial charge in [0, 0.05) is 16.8 Å². The summed E-state index contributed by atoms with van der Waals surface area (Å²) in [4.78, 5) is 12.7. The Morgan fingerprint density at radius 3 is 2.38 bits per heavy atom. The fourth-order valence-electron chi connectivity index (χ4n) is 3.72. The van der Waals surface area contributed by atoms with Gasteiger partial charge in [-0.15, -0.1) is 0 Å². The topological polar surface area (TPSA) is 45.7 Å². The van der Waals surface area contributed by atoms with Crippen LogP contribution in [-0.4, -0.2) is 12.5 Å². The first kappa shape index (κ1) is 18.9. The number of nitrogens with one attached hydrogen (secondary N) is 1. The van der Waals surface area contributed by atoms with Gasteiger partial charge in [-0.25, -0.2) is 0 Å². The molecule has 1 atom stereocenters. The second kappa shape index (κ2) is 8.72. The number of fused-ring (bicyclic) bond motifs is 1. The van der Waals surface area contributed by atoms with E-state index in [1.807, 2.05) is 42.5 Å². The highest BCUT2D eigenvalue weighted by molar-refractivity contribution is 5.96. The average molecular weight is 381 g/mol. The highest BCUT2D eigenvalue weighted by Gasteiger charge is 2.15. The molecule has 0 unspecified atom stereocenters. The van der Waals surface area contributed by atoms with E-state index in [-0.39, 0.29) is 11.9 Å². The zero-order valence-electron chi connectivity index (χ0n) is 16.5. The third-order valence-corrected chi connectivity index (χ3v) is 5.26. The van der Waals surface area contributed by atoms with Crippen molar-refractivity contribution in [3.8, 4) is 11.1 Å². The van der Waals surface area contributed by atoms with Gasteiger partial charge in [0.1, 0.15) is 6.04 Å². The maximum atomic E-state index is 12.7. The van der Waals surface area contributed by atoms with E-state index in [4.69, 9.17) is 0 Å². The molecular weight excluding hydrogens is 356 g/mol. The molecule has 3 heteroatoms. The van der Waals surface area contributed by atoms with Crippen molar-refractivity contribution in [3.63, 3.8) is 0 Å². The van der Waals surface area contributed by atoms with Crippen LogP contribution in [-0.2, 0) is 4.79 Å². The van der Waals surface area contributed by atoms with E-state index in [1.54, 1.807) is 0 Å². The average Bonchev–Trinajstić information content (AvgIpc) is 2.78. The molecule has 3 nitrogen and oxygen atoms in total. The molecule has 4 aromatic rings. The number of amides is 1. The molecule has 29 heavy (non-hydrogen) atoms. The van der Waals surface area contributed by atoms with Crippen LogP contribution in [0.2, 0.25) is 0 Å². The van der Waals surface area contributed by atoms with Crippen molar-refractivity contribution >= 4 is 22.4 Å². The molecular formula is C26H25N2O+. The Labute approximate surface area is 171 Å². The number of hydrogen-bond acceptors (Lipinski definition) is 1. The van der Waals surface area contributed by atoms with E-state index in [2.05, 4.69) is 72.2 Å². The van der Waals surface area contributed by atoms with Crippen molar-refractivity contribution in [2.24, 2.45) is 0 Å². The highest BCUT2D eigenvalue weighted by Crippen LogP contribution is 2.27. The van der Waals surface area contributed by atoms with Gasteiger partial charge in [0.15, 0.2) is 6.54 Å². The van der Waals surface area contributed by atoms with Gasteiger partial charge in [0.2, 0.25) is 0 Å². The lowest BCUT2D eigenvalue weighted by atomic mass is 10.00. The molecule has 0 aliphatic rings. The predicted molar refractivity (Wildman–Crippen MR) is 120 cm³/mol. The van der Waals surface area contributed by atoms with Gasteiger partial charge in [0.25, 0.3) is 5.91 Å². The summed E-state index contributed by atoms with van der Waals surface area (Å²) in [6.45, 7) is 2.51. The zero-order valence-corrected chi connectivity index (χ0v) is 16.5. The summed E-state index contributed by atoms with van der Waals surface area (Å²) in [6.07, 6.45) is 0. The number of nitrogens with two attached hydrogens (primary N) is 1. The van der Waals surface area contributed by atoms with Gasteiger partial charge in [-0.3, -0.25) is 4.79 Å². The Kier molecular flexibility index (Phi) is 5.68. The number of benzene rings is 4. The summed E-state index contributed by atoms with van der Waals surface area (Å²) in [5, 5.41) is 7.64. The lowest BCUT2D eigenvalue weighted by molar-refractivity contribution is -0.682. The number of para-hydroxylation sites is 1. The van der Waals surface area contributed by atoms with E-state index in [0.29, 0.717) is 6.54 Å². The molecule has 4 aromatic carbocycles. The van der Waals surface area contributed by atoms with Crippen LogP contribution in [0.15, 0.2) is 97.1 Å². The number of rotatable bonds is 6. The van der Waals surface area contributed by atoms with Gasteiger partial charge in [-0.05, 0) is 29.3 Å². The molecule has 0 heterocycles. The Bertz CT molecular complexity index is 1120. The minimum absolute atomic E-state index is 0.000433. The summed E-state index contributed by atoms with van der Waals surface area (Å²) >= 11 is 0. The van der Waals surface area contributed by atoms with Crippen LogP contribution in [0.25, 0.3) is 21.9 Å². The quantitative estimate of drug-likeness (QED) is 0.496. The van der Waals surface area contributed by atoms with E-state index in [9.17, 15) is 4.79 Å². The molecule has 4 rings (SSSR count). The van der Waals surface area contributed by atoms with Crippen molar-refractivity contribution in [2.75, 3.05) is 11.9 Å². The number of carbonyl (C=O) groups excluding carboxylic acids is 1. The molecule has 0 fully saturated rings. The van der Waals surface area contributed by atoms with Gasteiger partial charge in [-0.2, -0.15) is 0 Å². The van der Waals surface area contributed by atoms with Crippen molar-refractivity contribution in [1.82, 2.24) is 0 Å². The van der Waals surface area contributed by atoms with Crippen LogP contribution < -0.4 is 10.6 Å². The van der Waals surface area contributed by atoms with Crippen LogP contribution in [0, 0.1) is 0 Å². The maximum Gasteiger partial charge on any atom is 0.279 e. The lowest BCUT2D eigenvalue weighted by Gasteiger charge is -2.15. The van der Waals surface area contributed by atoms with Crippen molar-refractivity contribution in [3.05, 3.63) is 103 Å². The van der Waals surface area contributed by atoms with Gasteiger partial charge in [0.05, 0.1) is 0 Å². The Morgan fingerprint density at radius 2 is 1.52 bits per heavy atom. The second-order valence-electron chi connectivity index (χ2n) is 7.26. The summed E-state index contributed by atoms with van der Waals surface area (Å²) in [7, 11) is 0. The van der Waals surface area contributed by atoms with Gasteiger partial charge in [-0.1, -0.05) is 91.0 Å². The number of hydrogen-bond donors (Lipinski definition) is 2. The third kappa shape index (κ3) is 4.36. The molecule has 1 amide bonds. The molecule has 0 aliphatic heterocycles. The Morgan fingerprint density at radius 1 is 0.828 bits per heavy atom. The predicted octanol–water partition coefficient (Wildman–Crippen LogP) is 4.77. The van der Waals surface area contributed by atoms with E-state index in [0.717, 1.165) is 16.8 Å². The fourth-order valence-corrected chi connectivity index (χ4v) is 3.72. The van der Waals surface area contributed by atoms with Crippen LogP contribution in [0.4, 0.5) is 5.69 Å². The highest BCUT2D eigenvalue weighted by atomic mass is 16.1. The van der Waals surface area contributed by atoms with E-state index in [1.165, 1.54) is 16.3 Å². The summed E-state index contributed by atoms with van der Waals surface area (Å²) in [5.74, 6) is 0.000433. The van der Waals surface area contributed by atoms with Gasteiger partial charge >= 0.3 is 0 Å². The van der Waals surface area contributed by atoms with Crippen molar-refractivity contribution < 1.29 is 10.1 Å². The Balaban J connectivity index is 1.45. The smallest absolute Gasteiger partial charge is 0.279 e. The molecule has 0 aliphatic carbocycles. The van der Waals surface area contributed by atoms with E-state index < -0.39 is 0 Å². The molecule has 0 aromatic heterocycles. The first-order valence-electron chi connectivity index (χ1n) is 9.97. The maximum absolute atomic E-state index is 12.7. The molecule has 0 spiro atoms. The molecule has 144 valence electrons. The normalized spacial score (nSPS) is 11.9. The third-order valence-electron chi connectivity index (χ3n) is 5.26. The fraction of sp³-hybridized carbons (Fsp3) is 0.115. The molecule has 3 N–H and O–H groups in total. The van der Waals surface area contributed by atoms with Gasteiger partial charge < -0.3 is 10.6 Å². The van der Waals surface area contributed by atoms with Crippen LogP contribution >= 0.6 is 0 Å². The number of carbonyl (C=O) groups is 1. The van der Waals surface area contributed by atoms with Crippen molar-refractivity contribution in [2.45, 2.75) is 13.0 Å². The SMILES string of the molecule is C[C@H]([NH2+]CC(=O)Nc1ccccc1-c1ccccc1)c1cccc2ccccc12. The molecule has 0 radical (unpaired) electrons. The molecule has 0 bridgehead atoms. The standard InChI is InChI=1S/C26H24N2O/c1-19(22-16-9-13-20-12-5-6-14-23(20)22)27-18-26(29)28-25-17-8-7-15-24(25)21-10-3-2-4-11-21/h2-17,19,27H,18H2,1H3,(H,28,29)/p+1/t19-/m0/s1. The summed E-state index contributed by atoms with van der Waals surface area (Å²) in [6, 6.07) is 33.0. The summed E-state index contributed by atoms with van der Waals surface area (Å²) in [5.41, 5.74) is 4.22. The van der Waals surface area contributed by atoms with Crippen LogP contribution in [0.3, 0.4) is 0 Å².